The number of benzene rings is 1. The van der Waals surface area contributed by atoms with E-state index in [1.165, 1.54) is 25.3 Å². The van der Waals surface area contributed by atoms with Crippen molar-refractivity contribution in [1.29, 1.82) is 0 Å². The first-order valence-corrected chi connectivity index (χ1v) is 7.98. The van der Waals surface area contributed by atoms with Gasteiger partial charge in [0.05, 0.1) is 12.2 Å². The fourth-order valence-electron chi connectivity index (χ4n) is 2.93. The maximum Gasteiger partial charge on any atom is 0.263 e. The first kappa shape index (κ1) is 15.4. The average Bonchev–Trinajstić information content (AvgIpc) is 3.03. The largest absolute Gasteiger partial charge is 0.504 e. The van der Waals surface area contributed by atoms with Gasteiger partial charge in [-0.1, -0.05) is 31.4 Å². The van der Waals surface area contributed by atoms with Crippen LogP contribution in [0.3, 0.4) is 0 Å². The second kappa shape index (κ2) is 7.17. The van der Waals surface area contributed by atoms with Gasteiger partial charge in [0.15, 0.2) is 18.1 Å². The molecule has 1 aliphatic rings. The topological polar surface area (TPSA) is 76.4 Å². The van der Waals surface area contributed by atoms with Crippen molar-refractivity contribution in [2.24, 2.45) is 0 Å². The Balaban J connectivity index is 1.58. The van der Waals surface area contributed by atoms with Crippen LogP contribution in [0.4, 0.5) is 5.82 Å². The van der Waals surface area contributed by atoms with E-state index in [-0.39, 0.29) is 18.3 Å². The summed E-state index contributed by atoms with van der Waals surface area (Å²) >= 11 is 0. The molecule has 0 atom stereocenters. The molecule has 2 aromatic rings. The second-order valence-corrected chi connectivity index (χ2v) is 5.76. The number of carbonyl (C=O) groups excluding carboxylic acids is 1. The monoisotopic (exact) mass is 315 g/mol. The Kier molecular flexibility index (Phi) is 4.80. The lowest BCUT2D eigenvalue weighted by molar-refractivity contribution is -0.118. The highest BCUT2D eigenvalue weighted by atomic mass is 16.5. The number of hydrogen-bond acceptors (Lipinski definition) is 4. The van der Waals surface area contributed by atoms with Gasteiger partial charge >= 0.3 is 0 Å². The molecule has 3 rings (SSSR count). The minimum Gasteiger partial charge on any atom is -0.504 e. The molecule has 1 heterocycles. The second-order valence-electron chi connectivity index (χ2n) is 5.76. The number of hydrogen-bond donors (Lipinski definition) is 2. The molecule has 0 aliphatic heterocycles. The van der Waals surface area contributed by atoms with Crippen LogP contribution in [0.5, 0.6) is 11.5 Å². The molecule has 2 N–H and O–H groups in total. The number of aromatic nitrogens is 2. The number of phenols is 1. The highest BCUT2D eigenvalue weighted by Crippen LogP contribution is 2.30. The van der Waals surface area contributed by atoms with Crippen LogP contribution in [-0.4, -0.2) is 27.4 Å². The lowest BCUT2D eigenvalue weighted by Gasteiger charge is -2.23. The molecule has 0 bridgehead atoms. The smallest absolute Gasteiger partial charge is 0.263 e. The number of ether oxygens (including phenoxy) is 1. The van der Waals surface area contributed by atoms with Crippen molar-refractivity contribution in [2.75, 3.05) is 11.9 Å². The molecule has 1 fully saturated rings. The fraction of sp³-hybridized carbons (Fsp3) is 0.412. The van der Waals surface area contributed by atoms with Crippen molar-refractivity contribution in [2.45, 2.75) is 38.1 Å². The van der Waals surface area contributed by atoms with Gasteiger partial charge in [-0.15, -0.1) is 0 Å². The van der Waals surface area contributed by atoms with Gasteiger partial charge in [0.25, 0.3) is 5.91 Å². The van der Waals surface area contributed by atoms with E-state index in [1.807, 2.05) is 4.68 Å². The number of carbonyl (C=O) groups is 1. The Labute approximate surface area is 135 Å². The van der Waals surface area contributed by atoms with Crippen molar-refractivity contribution in [3.63, 3.8) is 0 Å². The van der Waals surface area contributed by atoms with E-state index in [1.54, 1.807) is 30.5 Å². The summed E-state index contributed by atoms with van der Waals surface area (Å²) in [5.74, 6) is 0.740. The lowest BCUT2D eigenvalue weighted by atomic mass is 9.96. The van der Waals surface area contributed by atoms with Crippen LogP contribution in [0.15, 0.2) is 36.5 Å². The number of aromatic hydroxyl groups is 1. The number of phenolic OH excluding ortho intramolecular Hbond substituents is 1. The van der Waals surface area contributed by atoms with Gasteiger partial charge in [0, 0.05) is 6.07 Å². The highest BCUT2D eigenvalue weighted by molar-refractivity contribution is 5.91. The molecule has 1 amide bonds. The van der Waals surface area contributed by atoms with Crippen molar-refractivity contribution in [1.82, 2.24) is 9.78 Å². The van der Waals surface area contributed by atoms with Crippen LogP contribution in [0.2, 0.25) is 0 Å². The van der Waals surface area contributed by atoms with Crippen LogP contribution >= 0.6 is 0 Å². The van der Waals surface area contributed by atoms with E-state index < -0.39 is 0 Å². The Hall–Kier alpha value is -2.50. The summed E-state index contributed by atoms with van der Waals surface area (Å²) < 4.78 is 7.24. The standard InChI is InChI=1S/C17H21N3O3/c21-14-8-4-5-9-15(14)23-12-17(22)19-16-10-11-18-20(16)13-6-2-1-3-7-13/h4-5,8-11,13,21H,1-3,6-7,12H2,(H,19,22). The first-order chi connectivity index (χ1) is 11.2. The van der Waals surface area contributed by atoms with Gasteiger partial charge in [-0.2, -0.15) is 5.10 Å². The van der Waals surface area contributed by atoms with Gasteiger partial charge < -0.3 is 15.2 Å². The van der Waals surface area contributed by atoms with Crippen molar-refractivity contribution in [3.05, 3.63) is 36.5 Å². The molecule has 0 radical (unpaired) electrons. The molecule has 1 aromatic heterocycles. The lowest BCUT2D eigenvalue weighted by Crippen LogP contribution is -2.24. The zero-order chi connectivity index (χ0) is 16.1. The molecule has 23 heavy (non-hydrogen) atoms. The fourth-order valence-corrected chi connectivity index (χ4v) is 2.93. The number of nitrogens with one attached hydrogen (secondary N) is 1. The Morgan fingerprint density at radius 2 is 2.04 bits per heavy atom. The van der Waals surface area contributed by atoms with Crippen LogP contribution in [0.1, 0.15) is 38.1 Å². The average molecular weight is 315 g/mol. The van der Waals surface area contributed by atoms with Crippen LogP contribution in [0, 0.1) is 0 Å². The van der Waals surface area contributed by atoms with Crippen LogP contribution < -0.4 is 10.1 Å². The van der Waals surface area contributed by atoms with E-state index in [0.717, 1.165) is 12.8 Å². The number of rotatable bonds is 5. The van der Waals surface area contributed by atoms with Crippen LogP contribution in [-0.2, 0) is 4.79 Å². The Morgan fingerprint density at radius 1 is 1.26 bits per heavy atom. The molecule has 122 valence electrons. The minimum atomic E-state index is -0.272. The van der Waals surface area contributed by atoms with Gasteiger partial charge in [-0.25, -0.2) is 4.68 Å². The van der Waals surface area contributed by atoms with Gasteiger partial charge in [0.1, 0.15) is 5.82 Å². The minimum absolute atomic E-state index is 0.0209. The molecule has 0 spiro atoms. The van der Waals surface area contributed by atoms with Crippen molar-refractivity contribution in [3.8, 4) is 11.5 Å². The van der Waals surface area contributed by atoms with Gasteiger partial charge in [-0.3, -0.25) is 4.79 Å². The molecule has 1 saturated carbocycles. The zero-order valence-corrected chi connectivity index (χ0v) is 12.9. The highest BCUT2D eigenvalue weighted by Gasteiger charge is 2.19. The normalized spacial score (nSPS) is 15.3. The predicted octanol–water partition coefficient (Wildman–Crippen LogP) is 3.11. The summed E-state index contributed by atoms with van der Waals surface area (Å²) in [5, 5.41) is 16.8. The molecular weight excluding hydrogens is 294 g/mol. The maximum atomic E-state index is 12.1. The third-order valence-electron chi connectivity index (χ3n) is 4.08. The van der Waals surface area contributed by atoms with Crippen molar-refractivity contribution >= 4 is 11.7 Å². The van der Waals surface area contributed by atoms with E-state index in [9.17, 15) is 9.90 Å². The van der Waals surface area contributed by atoms with Crippen LogP contribution in [0.25, 0.3) is 0 Å². The third-order valence-corrected chi connectivity index (χ3v) is 4.08. The number of nitrogens with zero attached hydrogens (tertiary/aromatic N) is 2. The summed E-state index contributed by atoms with van der Waals surface area (Å²) in [6.45, 7) is -0.159. The number of amides is 1. The van der Waals surface area contributed by atoms with Gasteiger partial charge in [-0.05, 0) is 25.0 Å². The zero-order valence-electron chi connectivity index (χ0n) is 12.9. The van der Waals surface area contributed by atoms with E-state index in [4.69, 9.17) is 4.74 Å². The van der Waals surface area contributed by atoms with E-state index in [2.05, 4.69) is 10.4 Å². The molecule has 6 heteroatoms. The molecule has 1 aliphatic carbocycles. The van der Waals surface area contributed by atoms with E-state index >= 15 is 0 Å². The molecule has 0 unspecified atom stereocenters. The summed E-state index contributed by atoms with van der Waals surface area (Å²) in [7, 11) is 0. The number of para-hydroxylation sites is 2. The SMILES string of the molecule is O=C(COc1ccccc1O)Nc1ccnn1C1CCCCC1. The summed E-state index contributed by atoms with van der Waals surface area (Å²) in [5.41, 5.74) is 0. The molecule has 0 saturated heterocycles. The van der Waals surface area contributed by atoms with Gasteiger partial charge in [0.2, 0.25) is 0 Å². The third kappa shape index (κ3) is 3.83. The predicted molar refractivity (Wildman–Crippen MR) is 86.6 cm³/mol. The quantitative estimate of drug-likeness (QED) is 0.889. The number of anilines is 1. The summed E-state index contributed by atoms with van der Waals surface area (Å²) in [6, 6.07) is 8.73. The molecule has 6 nitrogen and oxygen atoms in total. The molecular formula is C17H21N3O3. The van der Waals surface area contributed by atoms with Crippen molar-refractivity contribution < 1.29 is 14.6 Å². The Bertz CT molecular complexity index is 663. The summed E-state index contributed by atoms with van der Waals surface area (Å²) in [6.07, 6.45) is 7.57. The molecule has 1 aromatic carbocycles. The summed E-state index contributed by atoms with van der Waals surface area (Å²) in [4.78, 5) is 12.1. The van der Waals surface area contributed by atoms with E-state index in [0.29, 0.717) is 17.6 Å². The first-order valence-electron chi connectivity index (χ1n) is 7.98. The maximum absolute atomic E-state index is 12.1. The Morgan fingerprint density at radius 3 is 2.83 bits per heavy atom.